The van der Waals surface area contributed by atoms with Crippen LogP contribution in [0.2, 0.25) is 0 Å². The minimum absolute atomic E-state index is 0.151. The molecule has 1 unspecified atom stereocenters. The van der Waals surface area contributed by atoms with Crippen molar-refractivity contribution in [3.05, 3.63) is 53.3 Å². The number of nitrogens with zero attached hydrogens (tertiary/aromatic N) is 1. The van der Waals surface area contributed by atoms with Gasteiger partial charge in [-0.15, -0.1) is 0 Å². The van der Waals surface area contributed by atoms with E-state index >= 15 is 0 Å². The Hall–Kier alpha value is -3.55. The molecule has 0 saturated carbocycles. The van der Waals surface area contributed by atoms with Gasteiger partial charge in [-0.25, -0.2) is 9.18 Å². The molecule has 1 fully saturated rings. The van der Waals surface area contributed by atoms with Crippen molar-refractivity contribution < 1.29 is 23.1 Å². The monoisotopic (exact) mass is 425 g/mol. The van der Waals surface area contributed by atoms with Crippen LogP contribution < -0.4 is 15.4 Å². The number of methoxy groups -OCH3 is 1. The van der Waals surface area contributed by atoms with Crippen molar-refractivity contribution in [2.24, 2.45) is 0 Å². The van der Waals surface area contributed by atoms with Crippen LogP contribution in [0.3, 0.4) is 0 Å². The Kier molecular flexibility index (Phi) is 5.54. The predicted octanol–water partition coefficient (Wildman–Crippen LogP) is 4.08. The molecule has 0 spiro atoms. The van der Waals surface area contributed by atoms with Gasteiger partial charge in [-0.3, -0.25) is 4.79 Å². The van der Waals surface area contributed by atoms with Crippen molar-refractivity contribution in [2.45, 2.75) is 18.9 Å². The molecule has 2 heterocycles. The molecule has 1 aromatic heterocycles. The third-order valence-corrected chi connectivity index (χ3v) is 5.69. The molecule has 7 nitrogen and oxygen atoms in total. The van der Waals surface area contributed by atoms with E-state index in [1.165, 1.54) is 12.1 Å². The number of fused-ring (bicyclic) bond motifs is 1. The van der Waals surface area contributed by atoms with Gasteiger partial charge in [0.1, 0.15) is 22.9 Å². The summed E-state index contributed by atoms with van der Waals surface area (Å²) >= 11 is 0. The van der Waals surface area contributed by atoms with E-state index in [-0.39, 0.29) is 23.8 Å². The van der Waals surface area contributed by atoms with E-state index in [1.807, 2.05) is 6.07 Å². The number of benzene rings is 2. The lowest BCUT2D eigenvalue weighted by Crippen LogP contribution is -2.37. The average Bonchev–Trinajstić information content (AvgIpc) is 3.42. The molecule has 31 heavy (non-hydrogen) atoms. The second-order valence-electron chi connectivity index (χ2n) is 7.39. The lowest BCUT2D eigenvalue weighted by molar-refractivity contribution is 0.0964. The topological polar surface area (TPSA) is 83.8 Å². The second kappa shape index (κ2) is 8.29. The van der Waals surface area contributed by atoms with Crippen LogP contribution in [-0.4, -0.2) is 44.6 Å². The summed E-state index contributed by atoms with van der Waals surface area (Å²) in [5, 5.41) is 5.91. The van der Waals surface area contributed by atoms with Crippen molar-refractivity contribution >= 4 is 22.9 Å². The van der Waals surface area contributed by atoms with Crippen molar-refractivity contribution in [2.75, 3.05) is 27.7 Å². The summed E-state index contributed by atoms with van der Waals surface area (Å²) in [5.74, 6) is 0.231. The first-order valence-corrected chi connectivity index (χ1v) is 10.1. The van der Waals surface area contributed by atoms with E-state index in [0.717, 1.165) is 18.4 Å². The summed E-state index contributed by atoms with van der Waals surface area (Å²) < 4.78 is 25.2. The van der Waals surface area contributed by atoms with E-state index in [0.29, 0.717) is 40.2 Å². The summed E-state index contributed by atoms with van der Waals surface area (Å²) in [5.41, 5.74) is 2.25. The SMILES string of the molecule is CNC(=O)c1c(-c2ccc(F)cc2)oc2cc(C3CCCN3C(=O)NC)c(OC)cc12. The first-order chi connectivity index (χ1) is 15.0. The maximum absolute atomic E-state index is 13.4. The minimum Gasteiger partial charge on any atom is -0.496 e. The van der Waals surface area contributed by atoms with E-state index < -0.39 is 0 Å². The number of urea groups is 1. The van der Waals surface area contributed by atoms with Crippen LogP contribution in [0.15, 0.2) is 40.8 Å². The number of furan rings is 1. The van der Waals surface area contributed by atoms with Crippen LogP contribution in [0.25, 0.3) is 22.3 Å². The summed E-state index contributed by atoms with van der Waals surface area (Å²) in [4.78, 5) is 26.8. The van der Waals surface area contributed by atoms with Gasteiger partial charge in [-0.1, -0.05) is 0 Å². The molecule has 0 bridgehead atoms. The Morgan fingerprint density at radius 1 is 1.16 bits per heavy atom. The van der Waals surface area contributed by atoms with Crippen LogP contribution in [0.1, 0.15) is 34.8 Å². The number of halogens is 1. The van der Waals surface area contributed by atoms with Gasteiger partial charge in [0.25, 0.3) is 5.91 Å². The zero-order valence-electron chi connectivity index (χ0n) is 17.6. The van der Waals surface area contributed by atoms with Gasteiger partial charge < -0.3 is 24.7 Å². The minimum atomic E-state index is -0.374. The largest absolute Gasteiger partial charge is 0.496 e. The average molecular weight is 425 g/mol. The van der Waals surface area contributed by atoms with Gasteiger partial charge in [0.2, 0.25) is 0 Å². The smallest absolute Gasteiger partial charge is 0.317 e. The fourth-order valence-corrected chi connectivity index (χ4v) is 4.21. The lowest BCUT2D eigenvalue weighted by Gasteiger charge is -2.25. The molecule has 3 amide bonds. The number of likely N-dealkylation sites (tertiary alicyclic amines) is 1. The number of rotatable bonds is 4. The maximum Gasteiger partial charge on any atom is 0.317 e. The highest BCUT2D eigenvalue weighted by Gasteiger charge is 2.33. The first kappa shape index (κ1) is 20.7. The molecule has 2 N–H and O–H groups in total. The molecule has 4 rings (SSSR count). The van der Waals surface area contributed by atoms with Gasteiger partial charge in [0.15, 0.2) is 0 Å². The first-order valence-electron chi connectivity index (χ1n) is 10.1. The Balaban J connectivity index is 1.91. The molecule has 1 aliphatic heterocycles. The lowest BCUT2D eigenvalue weighted by atomic mass is 9.99. The summed E-state index contributed by atoms with van der Waals surface area (Å²) in [6.07, 6.45) is 1.67. The van der Waals surface area contributed by atoms with Crippen LogP contribution in [0, 0.1) is 5.82 Å². The summed E-state index contributed by atoms with van der Waals surface area (Å²) in [6, 6.07) is 9.07. The van der Waals surface area contributed by atoms with Crippen molar-refractivity contribution in [1.82, 2.24) is 15.5 Å². The third-order valence-electron chi connectivity index (χ3n) is 5.69. The van der Waals surface area contributed by atoms with Gasteiger partial charge in [-0.2, -0.15) is 0 Å². The molecule has 1 aliphatic rings. The van der Waals surface area contributed by atoms with Gasteiger partial charge in [0, 0.05) is 37.2 Å². The molecular formula is C23H24FN3O4. The number of hydrogen-bond acceptors (Lipinski definition) is 4. The quantitative estimate of drug-likeness (QED) is 0.660. The fourth-order valence-electron chi connectivity index (χ4n) is 4.21. The van der Waals surface area contributed by atoms with E-state index in [2.05, 4.69) is 10.6 Å². The molecule has 1 atom stereocenters. The summed E-state index contributed by atoms with van der Waals surface area (Å²) in [7, 11) is 4.71. The van der Waals surface area contributed by atoms with Gasteiger partial charge >= 0.3 is 6.03 Å². The standard InChI is InChI=1S/C23H24FN3O4/c1-25-22(28)20-16-12-18(30-3)15(17-5-4-10-27(17)23(29)26-2)11-19(16)31-21(20)13-6-8-14(24)9-7-13/h6-9,11-12,17H,4-5,10H2,1-3H3,(H,25,28)(H,26,29). The van der Waals surface area contributed by atoms with E-state index in [1.54, 1.807) is 44.3 Å². The number of nitrogens with one attached hydrogen (secondary N) is 2. The zero-order chi connectivity index (χ0) is 22.1. The van der Waals surface area contributed by atoms with Crippen molar-refractivity contribution in [3.63, 3.8) is 0 Å². The van der Waals surface area contributed by atoms with Crippen LogP contribution in [-0.2, 0) is 0 Å². The number of hydrogen-bond donors (Lipinski definition) is 2. The van der Waals surface area contributed by atoms with Crippen LogP contribution in [0.4, 0.5) is 9.18 Å². The number of carbonyl (C=O) groups is 2. The third kappa shape index (κ3) is 3.58. The molecule has 1 saturated heterocycles. The fraction of sp³-hybridized carbons (Fsp3) is 0.304. The molecule has 2 aromatic carbocycles. The van der Waals surface area contributed by atoms with Crippen LogP contribution in [0.5, 0.6) is 5.75 Å². The second-order valence-corrected chi connectivity index (χ2v) is 7.39. The molecule has 0 radical (unpaired) electrons. The normalized spacial score (nSPS) is 15.9. The highest BCUT2D eigenvalue weighted by atomic mass is 19.1. The zero-order valence-corrected chi connectivity index (χ0v) is 17.6. The van der Waals surface area contributed by atoms with Gasteiger partial charge in [0.05, 0.1) is 18.7 Å². The maximum atomic E-state index is 13.4. The molecular weight excluding hydrogens is 401 g/mol. The van der Waals surface area contributed by atoms with Crippen LogP contribution >= 0.6 is 0 Å². The Morgan fingerprint density at radius 3 is 2.55 bits per heavy atom. The van der Waals surface area contributed by atoms with E-state index in [4.69, 9.17) is 9.15 Å². The Labute approximate surface area is 179 Å². The number of ether oxygens (including phenoxy) is 1. The number of amides is 3. The molecule has 0 aliphatic carbocycles. The highest BCUT2D eigenvalue weighted by molar-refractivity contribution is 6.11. The molecule has 162 valence electrons. The van der Waals surface area contributed by atoms with E-state index in [9.17, 15) is 14.0 Å². The number of carbonyl (C=O) groups excluding carboxylic acids is 2. The van der Waals surface area contributed by atoms with Gasteiger partial charge in [-0.05, 0) is 49.2 Å². The molecule has 3 aromatic rings. The van der Waals surface area contributed by atoms with Crippen molar-refractivity contribution in [1.29, 1.82) is 0 Å². The summed E-state index contributed by atoms with van der Waals surface area (Å²) in [6.45, 7) is 0.647. The molecule has 8 heteroatoms. The predicted molar refractivity (Wildman–Crippen MR) is 115 cm³/mol. The Morgan fingerprint density at radius 2 is 1.90 bits per heavy atom. The van der Waals surface area contributed by atoms with Crippen molar-refractivity contribution in [3.8, 4) is 17.1 Å². The highest BCUT2D eigenvalue weighted by Crippen LogP contribution is 2.42. The Bertz CT molecular complexity index is 1140.